The van der Waals surface area contributed by atoms with E-state index in [1.807, 2.05) is 18.2 Å². The molecular formula is C25H27F3N4O2. The van der Waals surface area contributed by atoms with Gasteiger partial charge in [0.1, 0.15) is 12.1 Å². The summed E-state index contributed by atoms with van der Waals surface area (Å²) in [4.78, 5) is 6.63. The zero-order valence-corrected chi connectivity index (χ0v) is 18.9. The van der Waals surface area contributed by atoms with Crippen molar-refractivity contribution in [1.82, 2.24) is 20.1 Å². The molecule has 0 radical (unpaired) electrons. The minimum absolute atomic E-state index is 0.0669. The van der Waals surface area contributed by atoms with Crippen LogP contribution in [-0.4, -0.2) is 45.9 Å². The molecule has 1 aromatic heterocycles. The van der Waals surface area contributed by atoms with Crippen LogP contribution in [0.1, 0.15) is 53.7 Å². The Labute approximate surface area is 196 Å². The third-order valence-electron chi connectivity index (χ3n) is 6.99. The number of nitrogens with one attached hydrogen (secondary N) is 1. The summed E-state index contributed by atoms with van der Waals surface area (Å²) in [6.45, 7) is 1.76. The minimum atomic E-state index is -4.41. The molecule has 3 heterocycles. The Morgan fingerprint density at radius 2 is 2.03 bits per heavy atom. The molecule has 180 valence electrons. The standard InChI is InChI=1S/C25H27F3N4O2/c1-33-21-9-8-19(25(26,27)28)12-20(21)18-13-24(34-15-18)10-5-11-32(14-22-29-16-30-31-22)23(24)17-6-3-2-4-7-17/h2-4,6-9,12,16,18,23H,5,10-11,13-15H2,1H3,(H,29,30,31)/t18-,23+,24-/m1/s1. The highest BCUT2D eigenvalue weighted by molar-refractivity contribution is 5.42. The maximum absolute atomic E-state index is 13.5. The fourth-order valence-electron chi connectivity index (χ4n) is 5.59. The van der Waals surface area contributed by atoms with Crippen LogP contribution >= 0.6 is 0 Å². The lowest BCUT2D eigenvalue weighted by molar-refractivity contribution is -0.137. The third-order valence-corrected chi connectivity index (χ3v) is 6.99. The van der Waals surface area contributed by atoms with Crippen molar-refractivity contribution in [3.63, 3.8) is 0 Å². The van der Waals surface area contributed by atoms with Gasteiger partial charge in [-0.05, 0) is 49.6 Å². The molecule has 6 nitrogen and oxygen atoms in total. The number of H-pyrrole nitrogens is 1. The number of aromatic nitrogens is 3. The number of hydrogen-bond donors (Lipinski definition) is 1. The van der Waals surface area contributed by atoms with E-state index in [9.17, 15) is 13.2 Å². The van der Waals surface area contributed by atoms with Crippen molar-refractivity contribution >= 4 is 0 Å². The fourth-order valence-corrected chi connectivity index (χ4v) is 5.59. The van der Waals surface area contributed by atoms with E-state index in [4.69, 9.17) is 9.47 Å². The van der Waals surface area contributed by atoms with Crippen molar-refractivity contribution < 1.29 is 22.6 Å². The van der Waals surface area contributed by atoms with Crippen LogP contribution in [0.3, 0.4) is 0 Å². The third kappa shape index (κ3) is 4.30. The number of methoxy groups -OCH3 is 1. The molecule has 0 amide bonds. The first-order valence-corrected chi connectivity index (χ1v) is 11.4. The Bertz CT molecular complexity index is 1110. The van der Waals surface area contributed by atoms with Crippen LogP contribution in [0.4, 0.5) is 13.2 Å². The maximum atomic E-state index is 13.5. The Kier molecular flexibility index (Phi) is 6.07. The van der Waals surface area contributed by atoms with Gasteiger partial charge in [0.05, 0.1) is 37.5 Å². The van der Waals surface area contributed by atoms with E-state index in [1.165, 1.54) is 19.2 Å². The molecule has 3 aromatic rings. The van der Waals surface area contributed by atoms with E-state index in [0.717, 1.165) is 31.0 Å². The van der Waals surface area contributed by atoms with Crippen LogP contribution in [0.15, 0.2) is 54.9 Å². The highest BCUT2D eigenvalue weighted by atomic mass is 19.4. The van der Waals surface area contributed by atoms with Gasteiger partial charge in [-0.25, -0.2) is 4.98 Å². The molecule has 1 N–H and O–H groups in total. The molecule has 34 heavy (non-hydrogen) atoms. The first-order valence-electron chi connectivity index (χ1n) is 11.4. The number of aromatic amines is 1. The summed E-state index contributed by atoms with van der Waals surface area (Å²) in [7, 11) is 1.49. The SMILES string of the molecule is COc1ccc(C(F)(F)F)cc1[C@H]1CO[C@]2(CCCN(Cc3nc[nH]n3)[C@H]2c2ccccc2)C1. The van der Waals surface area contributed by atoms with Crippen molar-refractivity contribution in [2.45, 2.75) is 49.5 Å². The predicted octanol–water partition coefficient (Wildman–Crippen LogP) is 5.11. The number of hydrogen-bond acceptors (Lipinski definition) is 5. The van der Waals surface area contributed by atoms with E-state index in [1.54, 1.807) is 6.33 Å². The second-order valence-electron chi connectivity index (χ2n) is 9.03. The van der Waals surface area contributed by atoms with Gasteiger partial charge < -0.3 is 9.47 Å². The van der Waals surface area contributed by atoms with Gasteiger partial charge in [-0.3, -0.25) is 10.00 Å². The van der Waals surface area contributed by atoms with Crippen LogP contribution in [0, 0.1) is 0 Å². The summed E-state index contributed by atoms with van der Waals surface area (Å²) in [6.07, 6.45) is -0.499. The highest BCUT2D eigenvalue weighted by Gasteiger charge is 2.52. The molecular weight excluding hydrogens is 445 g/mol. The Morgan fingerprint density at radius 1 is 1.21 bits per heavy atom. The maximum Gasteiger partial charge on any atom is 0.416 e. The van der Waals surface area contributed by atoms with Gasteiger partial charge in [0.15, 0.2) is 5.82 Å². The Morgan fingerprint density at radius 3 is 2.74 bits per heavy atom. The largest absolute Gasteiger partial charge is 0.496 e. The lowest BCUT2D eigenvalue weighted by Gasteiger charge is -2.47. The number of likely N-dealkylation sites (tertiary alicyclic amines) is 1. The first kappa shape index (κ1) is 22.9. The molecule has 1 spiro atoms. The molecule has 0 saturated carbocycles. The molecule has 0 unspecified atom stereocenters. The fraction of sp³-hybridized carbons (Fsp3) is 0.440. The molecule has 0 aliphatic carbocycles. The van der Waals surface area contributed by atoms with Gasteiger partial charge in [-0.15, -0.1) is 0 Å². The van der Waals surface area contributed by atoms with Gasteiger partial charge in [-0.1, -0.05) is 30.3 Å². The molecule has 0 bridgehead atoms. The van der Waals surface area contributed by atoms with Gasteiger partial charge in [0.2, 0.25) is 0 Å². The second-order valence-corrected chi connectivity index (χ2v) is 9.03. The zero-order chi connectivity index (χ0) is 23.8. The molecule has 2 aliphatic heterocycles. The average molecular weight is 473 g/mol. The van der Waals surface area contributed by atoms with E-state index in [-0.39, 0.29) is 12.0 Å². The van der Waals surface area contributed by atoms with Crippen LogP contribution < -0.4 is 4.74 Å². The number of rotatable bonds is 5. The monoisotopic (exact) mass is 472 g/mol. The smallest absolute Gasteiger partial charge is 0.416 e. The molecule has 3 atom stereocenters. The van der Waals surface area contributed by atoms with Crippen molar-refractivity contribution in [2.24, 2.45) is 0 Å². The lowest BCUT2D eigenvalue weighted by atomic mass is 9.75. The van der Waals surface area contributed by atoms with Gasteiger partial charge in [0.25, 0.3) is 0 Å². The predicted molar refractivity (Wildman–Crippen MR) is 119 cm³/mol. The Hall–Kier alpha value is -2.91. The van der Waals surface area contributed by atoms with E-state index < -0.39 is 17.3 Å². The number of alkyl halides is 3. The summed E-state index contributed by atoms with van der Waals surface area (Å²) in [5, 5.41) is 7.00. The summed E-state index contributed by atoms with van der Waals surface area (Å²) >= 11 is 0. The molecule has 2 saturated heterocycles. The lowest BCUT2D eigenvalue weighted by Crippen LogP contribution is -2.50. The normalized spacial score (nSPS) is 25.6. The van der Waals surface area contributed by atoms with E-state index in [2.05, 4.69) is 32.2 Å². The van der Waals surface area contributed by atoms with Crippen molar-refractivity contribution in [2.75, 3.05) is 20.3 Å². The van der Waals surface area contributed by atoms with Crippen LogP contribution in [0.25, 0.3) is 0 Å². The van der Waals surface area contributed by atoms with Crippen LogP contribution in [0.2, 0.25) is 0 Å². The second kappa shape index (κ2) is 9.03. The number of halogens is 3. The summed E-state index contributed by atoms with van der Waals surface area (Å²) in [5.74, 6) is 0.960. The van der Waals surface area contributed by atoms with E-state index >= 15 is 0 Å². The van der Waals surface area contributed by atoms with E-state index in [0.29, 0.717) is 36.7 Å². The first-order chi connectivity index (χ1) is 16.4. The highest BCUT2D eigenvalue weighted by Crippen LogP contribution is 2.52. The molecule has 2 aromatic carbocycles. The summed E-state index contributed by atoms with van der Waals surface area (Å²) in [6, 6.07) is 13.8. The van der Waals surface area contributed by atoms with Crippen molar-refractivity contribution in [3.8, 4) is 5.75 Å². The summed E-state index contributed by atoms with van der Waals surface area (Å²) < 4.78 is 52.4. The van der Waals surface area contributed by atoms with Crippen molar-refractivity contribution in [3.05, 3.63) is 77.4 Å². The zero-order valence-electron chi connectivity index (χ0n) is 18.9. The number of benzene rings is 2. The van der Waals surface area contributed by atoms with Gasteiger partial charge >= 0.3 is 6.18 Å². The van der Waals surface area contributed by atoms with Crippen molar-refractivity contribution in [1.29, 1.82) is 0 Å². The quantitative estimate of drug-likeness (QED) is 0.559. The molecule has 9 heteroatoms. The van der Waals surface area contributed by atoms with Gasteiger partial charge in [-0.2, -0.15) is 18.3 Å². The number of ether oxygens (including phenoxy) is 2. The van der Waals surface area contributed by atoms with Crippen LogP contribution in [0.5, 0.6) is 5.75 Å². The minimum Gasteiger partial charge on any atom is -0.496 e. The van der Waals surface area contributed by atoms with Gasteiger partial charge in [0, 0.05) is 11.5 Å². The number of nitrogens with zero attached hydrogens (tertiary/aromatic N) is 3. The Balaban J connectivity index is 1.50. The average Bonchev–Trinajstić information content (AvgIpc) is 3.49. The van der Waals surface area contributed by atoms with Crippen LogP contribution in [-0.2, 0) is 17.5 Å². The number of piperidine rings is 1. The molecule has 2 fully saturated rings. The molecule has 5 rings (SSSR count). The molecule has 2 aliphatic rings. The topological polar surface area (TPSA) is 63.3 Å². The summed E-state index contributed by atoms with van der Waals surface area (Å²) in [5.41, 5.74) is 0.472.